The number of furan rings is 1. The van der Waals surface area contributed by atoms with E-state index in [2.05, 4.69) is 36.4 Å². The van der Waals surface area contributed by atoms with Crippen LogP contribution in [0.25, 0.3) is 0 Å². The van der Waals surface area contributed by atoms with E-state index in [1.165, 1.54) is 0 Å². The van der Waals surface area contributed by atoms with E-state index in [-0.39, 0.29) is 0 Å². The van der Waals surface area contributed by atoms with E-state index >= 15 is 0 Å². The van der Waals surface area contributed by atoms with Crippen molar-refractivity contribution in [1.82, 2.24) is 10.6 Å². The van der Waals surface area contributed by atoms with Crippen LogP contribution in [0.2, 0.25) is 0 Å². The Kier molecular flexibility index (Phi) is 9.37. The van der Waals surface area contributed by atoms with Gasteiger partial charge in [0.1, 0.15) is 5.76 Å². The van der Waals surface area contributed by atoms with Gasteiger partial charge >= 0.3 is 0 Å². The molecular weight excluding hydrogens is 266 g/mol. The van der Waals surface area contributed by atoms with Crippen LogP contribution in [0.15, 0.2) is 27.8 Å². The van der Waals surface area contributed by atoms with E-state index in [0.717, 1.165) is 57.4 Å². The summed E-state index contributed by atoms with van der Waals surface area (Å²) in [5.74, 6) is 2.43. The van der Waals surface area contributed by atoms with Crippen molar-refractivity contribution in [2.45, 2.75) is 33.6 Å². The summed E-state index contributed by atoms with van der Waals surface area (Å²) in [5.41, 5.74) is 0. The minimum Gasteiger partial charge on any atom is -0.469 e. The van der Waals surface area contributed by atoms with Crippen LogP contribution in [0.3, 0.4) is 0 Å². The Hall–Kier alpha value is -1.49. The lowest BCUT2D eigenvalue weighted by atomic mass is 10.2. The molecule has 0 saturated carbocycles. The Labute approximate surface area is 128 Å². The summed E-state index contributed by atoms with van der Waals surface area (Å²) < 4.78 is 10.8. The Morgan fingerprint density at radius 3 is 2.90 bits per heavy atom. The van der Waals surface area contributed by atoms with Crippen LogP contribution in [-0.4, -0.2) is 38.8 Å². The molecule has 0 fully saturated rings. The fourth-order valence-corrected chi connectivity index (χ4v) is 1.78. The van der Waals surface area contributed by atoms with Crippen LogP contribution in [0, 0.1) is 5.92 Å². The predicted octanol–water partition coefficient (Wildman–Crippen LogP) is 2.44. The summed E-state index contributed by atoms with van der Waals surface area (Å²) in [6.07, 6.45) is 3.50. The highest BCUT2D eigenvalue weighted by atomic mass is 16.5. The Morgan fingerprint density at radius 2 is 2.24 bits per heavy atom. The molecule has 5 nitrogen and oxygen atoms in total. The third-order valence-electron chi connectivity index (χ3n) is 2.76. The van der Waals surface area contributed by atoms with Crippen molar-refractivity contribution in [3.63, 3.8) is 0 Å². The highest BCUT2D eigenvalue weighted by Gasteiger charge is 1.99. The maximum Gasteiger partial charge on any atom is 0.191 e. The normalized spacial score (nSPS) is 11.9. The number of hydrogen-bond acceptors (Lipinski definition) is 3. The molecule has 21 heavy (non-hydrogen) atoms. The minimum absolute atomic E-state index is 0.592. The number of aliphatic imine (C=N–C) groups is 1. The van der Waals surface area contributed by atoms with E-state index in [1.54, 1.807) is 6.26 Å². The van der Waals surface area contributed by atoms with Crippen LogP contribution < -0.4 is 10.6 Å². The van der Waals surface area contributed by atoms with Gasteiger partial charge in [0.2, 0.25) is 0 Å². The predicted molar refractivity (Wildman–Crippen MR) is 86.7 cm³/mol. The molecule has 1 aromatic rings. The zero-order valence-electron chi connectivity index (χ0n) is 13.5. The van der Waals surface area contributed by atoms with Crippen LogP contribution in [0.1, 0.15) is 33.0 Å². The fraction of sp³-hybridized carbons (Fsp3) is 0.688. The summed E-state index contributed by atoms with van der Waals surface area (Å²) in [6.45, 7) is 10.4. The highest BCUT2D eigenvalue weighted by molar-refractivity contribution is 5.79. The first kappa shape index (κ1) is 17.6. The van der Waals surface area contributed by atoms with Gasteiger partial charge in [-0.2, -0.15) is 0 Å². The molecule has 0 aliphatic carbocycles. The monoisotopic (exact) mass is 295 g/mol. The molecule has 5 heteroatoms. The molecule has 0 unspecified atom stereocenters. The van der Waals surface area contributed by atoms with Gasteiger partial charge in [-0.3, -0.25) is 4.99 Å². The summed E-state index contributed by atoms with van der Waals surface area (Å²) in [4.78, 5) is 4.53. The van der Waals surface area contributed by atoms with Gasteiger partial charge in [-0.15, -0.1) is 0 Å². The molecule has 0 atom stereocenters. The molecule has 0 spiro atoms. The second kappa shape index (κ2) is 11.2. The molecule has 1 heterocycles. The van der Waals surface area contributed by atoms with Gasteiger partial charge in [-0.25, -0.2) is 0 Å². The zero-order valence-corrected chi connectivity index (χ0v) is 13.5. The molecule has 0 aliphatic heterocycles. The maximum absolute atomic E-state index is 5.54. The molecule has 1 aromatic heterocycles. The van der Waals surface area contributed by atoms with E-state index in [1.807, 2.05) is 12.1 Å². The molecule has 0 radical (unpaired) electrons. The lowest BCUT2D eigenvalue weighted by Gasteiger charge is -2.11. The van der Waals surface area contributed by atoms with Crippen molar-refractivity contribution in [3.05, 3.63) is 24.2 Å². The van der Waals surface area contributed by atoms with Crippen molar-refractivity contribution in [2.75, 3.05) is 32.8 Å². The highest BCUT2D eigenvalue weighted by Crippen LogP contribution is 1.99. The molecule has 2 N–H and O–H groups in total. The van der Waals surface area contributed by atoms with Crippen LogP contribution in [0.4, 0.5) is 0 Å². The second-order valence-corrected chi connectivity index (χ2v) is 5.34. The number of nitrogens with one attached hydrogen (secondary N) is 2. The lowest BCUT2D eigenvalue weighted by Crippen LogP contribution is -2.38. The molecular formula is C16H29N3O2. The molecule has 0 aliphatic rings. The number of guanidine groups is 1. The number of ether oxygens (including phenoxy) is 1. The Balaban J connectivity index is 2.16. The van der Waals surface area contributed by atoms with E-state index in [0.29, 0.717) is 5.92 Å². The molecule has 120 valence electrons. The number of nitrogens with zero attached hydrogens (tertiary/aromatic N) is 1. The Morgan fingerprint density at radius 1 is 1.38 bits per heavy atom. The first-order chi connectivity index (χ1) is 10.2. The van der Waals surface area contributed by atoms with Crippen LogP contribution >= 0.6 is 0 Å². The van der Waals surface area contributed by atoms with Gasteiger partial charge < -0.3 is 19.8 Å². The lowest BCUT2D eigenvalue weighted by molar-refractivity contribution is 0.109. The molecule has 1 rings (SSSR count). The third-order valence-corrected chi connectivity index (χ3v) is 2.76. The van der Waals surface area contributed by atoms with Crippen LogP contribution in [-0.2, 0) is 11.2 Å². The van der Waals surface area contributed by atoms with Crippen LogP contribution in [0.5, 0.6) is 0 Å². The minimum atomic E-state index is 0.592. The smallest absolute Gasteiger partial charge is 0.191 e. The van der Waals surface area contributed by atoms with Gasteiger partial charge in [0, 0.05) is 39.3 Å². The van der Waals surface area contributed by atoms with E-state index < -0.39 is 0 Å². The topological polar surface area (TPSA) is 58.8 Å². The third kappa shape index (κ3) is 9.13. The molecule has 0 bridgehead atoms. The van der Waals surface area contributed by atoms with Crippen molar-refractivity contribution >= 4 is 5.96 Å². The average Bonchev–Trinajstić information content (AvgIpc) is 2.95. The molecule has 0 aromatic carbocycles. The van der Waals surface area contributed by atoms with Crippen molar-refractivity contribution in [3.8, 4) is 0 Å². The average molecular weight is 295 g/mol. The fourth-order valence-electron chi connectivity index (χ4n) is 1.78. The summed E-state index contributed by atoms with van der Waals surface area (Å²) in [7, 11) is 0. The summed E-state index contributed by atoms with van der Waals surface area (Å²) >= 11 is 0. The first-order valence-electron chi connectivity index (χ1n) is 7.84. The van der Waals surface area contributed by atoms with Gasteiger partial charge in [0.25, 0.3) is 0 Å². The maximum atomic E-state index is 5.54. The number of rotatable bonds is 10. The quantitative estimate of drug-likeness (QED) is 0.395. The van der Waals surface area contributed by atoms with Gasteiger partial charge in [0.05, 0.1) is 6.26 Å². The van der Waals surface area contributed by atoms with E-state index in [9.17, 15) is 0 Å². The van der Waals surface area contributed by atoms with Crippen molar-refractivity contribution < 1.29 is 9.15 Å². The first-order valence-corrected chi connectivity index (χ1v) is 7.84. The van der Waals surface area contributed by atoms with Gasteiger partial charge in [-0.05, 0) is 31.4 Å². The van der Waals surface area contributed by atoms with Gasteiger partial charge in [-0.1, -0.05) is 13.8 Å². The zero-order chi connectivity index (χ0) is 15.3. The number of hydrogen-bond donors (Lipinski definition) is 2. The molecule has 0 amide bonds. The summed E-state index contributed by atoms with van der Waals surface area (Å²) in [5, 5.41) is 6.55. The summed E-state index contributed by atoms with van der Waals surface area (Å²) in [6, 6.07) is 3.89. The van der Waals surface area contributed by atoms with Crippen molar-refractivity contribution in [2.24, 2.45) is 10.9 Å². The standard InChI is InChI=1S/C16H29N3O2/c1-4-17-16(18-9-6-11-20-13-14(2)3)19-10-8-15-7-5-12-21-15/h5,7,12,14H,4,6,8-11,13H2,1-3H3,(H2,17,18,19). The molecule has 0 saturated heterocycles. The van der Waals surface area contributed by atoms with Crippen molar-refractivity contribution in [1.29, 1.82) is 0 Å². The SMILES string of the molecule is CCNC(=NCCCOCC(C)C)NCCc1ccco1. The largest absolute Gasteiger partial charge is 0.469 e. The van der Waals surface area contributed by atoms with E-state index in [4.69, 9.17) is 9.15 Å². The van der Waals surface area contributed by atoms with Gasteiger partial charge in [0.15, 0.2) is 5.96 Å². The Bertz CT molecular complexity index is 375. The second-order valence-electron chi connectivity index (χ2n) is 5.34.